The van der Waals surface area contributed by atoms with E-state index < -0.39 is 16.6 Å². The lowest BCUT2D eigenvalue weighted by molar-refractivity contribution is 0.594. The summed E-state index contributed by atoms with van der Waals surface area (Å²) >= 11 is 5.75. The van der Waals surface area contributed by atoms with Gasteiger partial charge in [-0.2, -0.15) is 0 Å². The Balaban J connectivity index is 2.16. The molecule has 0 aliphatic heterocycles. The molecule has 0 amide bonds. The van der Waals surface area contributed by atoms with E-state index in [9.17, 15) is 8.60 Å². The van der Waals surface area contributed by atoms with Crippen molar-refractivity contribution in [2.24, 2.45) is 0 Å². The number of rotatable bonds is 6. The minimum atomic E-state index is -1.25. The fourth-order valence-electron chi connectivity index (χ4n) is 2.07. The molecule has 2 unspecified atom stereocenters. The summed E-state index contributed by atoms with van der Waals surface area (Å²) < 4.78 is 25.6. The highest BCUT2D eigenvalue weighted by Gasteiger charge is 2.16. The van der Waals surface area contributed by atoms with E-state index in [4.69, 9.17) is 11.6 Å². The number of halogens is 2. The molecule has 0 heterocycles. The molecular formula is C16H17ClFNOS. The van der Waals surface area contributed by atoms with Crippen LogP contribution in [0, 0.1) is 5.82 Å². The smallest absolute Gasteiger partial charge is 0.141 e. The third-order valence-corrected chi connectivity index (χ3v) is 4.83. The third kappa shape index (κ3) is 4.37. The first kappa shape index (κ1) is 16.1. The molecule has 0 saturated carbocycles. The molecule has 0 radical (unpaired) electrons. The Kier molecular flexibility index (Phi) is 5.91. The highest BCUT2D eigenvalue weighted by molar-refractivity contribution is 7.85. The van der Waals surface area contributed by atoms with Crippen LogP contribution in [-0.2, 0) is 10.8 Å². The summed E-state index contributed by atoms with van der Waals surface area (Å²) in [6, 6.07) is 14.1. The lowest BCUT2D eigenvalue weighted by Crippen LogP contribution is -2.26. The van der Waals surface area contributed by atoms with Crippen molar-refractivity contribution >= 4 is 22.4 Å². The van der Waals surface area contributed by atoms with E-state index in [1.165, 1.54) is 18.2 Å². The molecule has 2 aromatic rings. The normalized spacial score (nSPS) is 13.9. The van der Waals surface area contributed by atoms with E-state index in [0.29, 0.717) is 10.6 Å². The number of nitrogens with one attached hydrogen (secondary N) is 1. The standard InChI is InChI=1S/C16H17ClFNOS/c1-2-19-16(12-6-4-3-5-7-12)11-21(20)13-8-9-15(18)14(17)10-13/h3-10,16,19H,2,11H2,1H3. The molecule has 0 fully saturated rings. The molecule has 0 bridgehead atoms. The van der Waals surface area contributed by atoms with Crippen molar-refractivity contribution in [1.29, 1.82) is 0 Å². The van der Waals surface area contributed by atoms with Gasteiger partial charge in [-0.15, -0.1) is 0 Å². The van der Waals surface area contributed by atoms with Gasteiger partial charge in [0.1, 0.15) is 5.82 Å². The average Bonchev–Trinajstić information content (AvgIpc) is 2.50. The van der Waals surface area contributed by atoms with Crippen molar-refractivity contribution in [1.82, 2.24) is 5.32 Å². The van der Waals surface area contributed by atoms with Crippen LogP contribution in [-0.4, -0.2) is 16.5 Å². The van der Waals surface area contributed by atoms with E-state index in [2.05, 4.69) is 5.32 Å². The summed E-state index contributed by atoms with van der Waals surface area (Å²) in [6.07, 6.45) is 0. The van der Waals surface area contributed by atoms with E-state index in [1.807, 2.05) is 37.3 Å². The third-order valence-electron chi connectivity index (χ3n) is 3.12. The van der Waals surface area contributed by atoms with Gasteiger partial charge >= 0.3 is 0 Å². The second-order valence-electron chi connectivity index (χ2n) is 4.61. The van der Waals surface area contributed by atoms with Crippen LogP contribution in [0.25, 0.3) is 0 Å². The minimum absolute atomic E-state index is 0.000520. The monoisotopic (exact) mass is 325 g/mol. The van der Waals surface area contributed by atoms with Crippen molar-refractivity contribution in [3.63, 3.8) is 0 Å². The van der Waals surface area contributed by atoms with E-state index in [1.54, 1.807) is 0 Å². The highest BCUT2D eigenvalue weighted by atomic mass is 35.5. The first-order valence-corrected chi connectivity index (χ1v) is 8.43. The number of hydrogen-bond acceptors (Lipinski definition) is 2. The molecule has 2 aromatic carbocycles. The molecule has 2 atom stereocenters. The summed E-state index contributed by atoms with van der Waals surface area (Å²) in [7, 11) is -1.25. The quantitative estimate of drug-likeness (QED) is 0.871. The second kappa shape index (κ2) is 7.69. The van der Waals surface area contributed by atoms with Gasteiger partial charge in [0, 0.05) is 16.7 Å². The largest absolute Gasteiger partial charge is 0.309 e. The van der Waals surface area contributed by atoms with Gasteiger partial charge in [-0.3, -0.25) is 4.21 Å². The molecule has 112 valence electrons. The Morgan fingerprint density at radius 3 is 2.57 bits per heavy atom. The van der Waals surface area contributed by atoms with E-state index >= 15 is 0 Å². The maximum Gasteiger partial charge on any atom is 0.141 e. The van der Waals surface area contributed by atoms with Crippen LogP contribution >= 0.6 is 11.6 Å². The topological polar surface area (TPSA) is 29.1 Å². The van der Waals surface area contributed by atoms with Gasteiger partial charge in [-0.1, -0.05) is 48.9 Å². The second-order valence-corrected chi connectivity index (χ2v) is 6.51. The van der Waals surface area contributed by atoms with E-state index in [-0.39, 0.29) is 11.1 Å². The van der Waals surface area contributed by atoms with Crippen LogP contribution in [0.15, 0.2) is 53.4 Å². The molecule has 0 spiro atoms. The summed E-state index contributed by atoms with van der Waals surface area (Å²) in [6.45, 7) is 2.79. The molecule has 0 aliphatic rings. The Morgan fingerprint density at radius 1 is 1.24 bits per heavy atom. The Labute approximate surface area is 131 Å². The van der Waals surface area contributed by atoms with Crippen molar-refractivity contribution in [3.8, 4) is 0 Å². The first-order valence-electron chi connectivity index (χ1n) is 6.73. The van der Waals surface area contributed by atoms with Gasteiger partial charge < -0.3 is 5.32 Å². The Bertz CT molecular complexity index is 621. The number of benzene rings is 2. The molecular weight excluding hydrogens is 309 g/mol. The Morgan fingerprint density at radius 2 is 1.95 bits per heavy atom. The molecule has 21 heavy (non-hydrogen) atoms. The first-order chi connectivity index (χ1) is 10.1. The molecule has 0 aromatic heterocycles. The summed E-state index contributed by atoms with van der Waals surface area (Å²) in [4.78, 5) is 0.542. The van der Waals surface area contributed by atoms with Crippen molar-refractivity contribution in [3.05, 3.63) is 64.9 Å². The predicted molar refractivity (Wildman–Crippen MR) is 85.5 cm³/mol. The molecule has 2 nitrogen and oxygen atoms in total. The zero-order valence-corrected chi connectivity index (χ0v) is 13.3. The zero-order valence-electron chi connectivity index (χ0n) is 11.7. The van der Waals surface area contributed by atoms with Gasteiger partial charge in [0.05, 0.1) is 15.8 Å². The molecule has 0 aliphatic carbocycles. The van der Waals surface area contributed by atoms with Crippen LogP contribution in [0.5, 0.6) is 0 Å². The van der Waals surface area contributed by atoms with Crippen LogP contribution in [0.2, 0.25) is 5.02 Å². The fourth-order valence-corrected chi connectivity index (χ4v) is 3.59. The maximum absolute atomic E-state index is 13.2. The van der Waals surface area contributed by atoms with Crippen LogP contribution in [0.1, 0.15) is 18.5 Å². The summed E-state index contributed by atoms with van der Waals surface area (Å²) in [5.74, 6) is -0.0801. The fraction of sp³-hybridized carbons (Fsp3) is 0.250. The van der Waals surface area contributed by atoms with Crippen LogP contribution in [0.3, 0.4) is 0 Å². The van der Waals surface area contributed by atoms with Crippen molar-refractivity contribution in [2.45, 2.75) is 17.9 Å². The van der Waals surface area contributed by atoms with Gasteiger partial charge in [0.15, 0.2) is 0 Å². The van der Waals surface area contributed by atoms with Crippen molar-refractivity contribution in [2.75, 3.05) is 12.3 Å². The molecule has 5 heteroatoms. The lowest BCUT2D eigenvalue weighted by Gasteiger charge is -2.18. The average molecular weight is 326 g/mol. The van der Waals surface area contributed by atoms with Crippen LogP contribution in [0.4, 0.5) is 4.39 Å². The molecule has 1 N–H and O–H groups in total. The summed E-state index contributed by atoms with van der Waals surface area (Å²) in [5.41, 5.74) is 1.08. The SMILES string of the molecule is CCNC(CS(=O)c1ccc(F)c(Cl)c1)c1ccccc1. The maximum atomic E-state index is 13.2. The van der Waals surface area contributed by atoms with E-state index in [0.717, 1.165) is 12.1 Å². The molecule has 2 rings (SSSR count). The van der Waals surface area contributed by atoms with Gasteiger partial charge in [-0.05, 0) is 30.3 Å². The van der Waals surface area contributed by atoms with Crippen molar-refractivity contribution < 1.29 is 8.60 Å². The van der Waals surface area contributed by atoms with Gasteiger partial charge in [0.25, 0.3) is 0 Å². The summed E-state index contributed by atoms with van der Waals surface area (Å²) in [5, 5.41) is 3.33. The lowest BCUT2D eigenvalue weighted by atomic mass is 10.1. The predicted octanol–water partition coefficient (Wildman–Crippen LogP) is 3.94. The highest BCUT2D eigenvalue weighted by Crippen LogP contribution is 2.21. The van der Waals surface area contributed by atoms with Gasteiger partial charge in [0.2, 0.25) is 0 Å². The Hall–Kier alpha value is -1.23. The van der Waals surface area contributed by atoms with Gasteiger partial charge in [-0.25, -0.2) is 4.39 Å². The van der Waals surface area contributed by atoms with Crippen LogP contribution < -0.4 is 5.32 Å². The minimum Gasteiger partial charge on any atom is -0.309 e. The zero-order chi connectivity index (χ0) is 15.2. The molecule has 0 saturated heterocycles. The number of hydrogen-bond donors (Lipinski definition) is 1.